The number of rotatable bonds is 10. The fourth-order valence-electron chi connectivity index (χ4n) is 2.34. The van der Waals surface area contributed by atoms with Gasteiger partial charge < -0.3 is 14.8 Å². The van der Waals surface area contributed by atoms with Gasteiger partial charge >= 0.3 is 0 Å². The monoisotopic (exact) mass is 406 g/mol. The number of hydrogen-bond acceptors (Lipinski definition) is 7. The van der Waals surface area contributed by atoms with E-state index in [4.69, 9.17) is 9.47 Å². The number of ether oxygens (including phenoxy) is 2. The van der Waals surface area contributed by atoms with Crippen molar-refractivity contribution in [2.24, 2.45) is 0 Å². The lowest BCUT2D eigenvalue weighted by atomic mass is 10.2. The largest absolute Gasteiger partial charge is 0.493 e. The first kappa shape index (κ1) is 21.6. The number of aromatic nitrogens is 2. The number of nitrogens with zero attached hydrogens (tertiary/aromatic N) is 2. The fourth-order valence-corrected chi connectivity index (χ4v) is 3.11. The SMILES string of the molecule is CCCCc1nnc(NC(=O)c2ccc(OCC(=O)NC(C)C)c(OC)c2)s1. The highest BCUT2D eigenvalue weighted by atomic mass is 32.1. The van der Waals surface area contributed by atoms with Crippen molar-refractivity contribution in [2.45, 2.75) is 46.1 Å². The fraction of sp³-hybridized carbons (Fsp3) is 0.474. The molecule has 28 heavy (non-hydrogen) atoms. The van der Waals surface area contributed by atoms with E-state index in [1.165, 1.54) is 18.4 Å². The van der Waals surface area contributed by atoms with Crippen molar-refractivity contribution in [2.75, 3.05) is 19.0 Å². The van der Waals surface area contributed by atoms with Crippen LogP contribution in [0.5, 0.6) is 11.5 Å². The molecule has 0 fully saturated rings. The Hall–Kier alpha value is -2.68. The van der Waals surface area contributed by atoms with E-state index in [1.807, 2.05) is 13.8 Å². The van der Waals surface area contributed by atoms with Gasteiger partial charge in [-0.05, 0) is 38.5 Å². The number of methoxy groups -OCH3 is 1. The third-order valence-corrected chi connectivity index (χ3v) is 4.56. The van der Waals surface area contributed by atoms with Crippen molar-refractivity contribution in [3.8, 4) is 11.5 Å². The minimum absolute atomic E-state index is 0.0342. The number of unbranched alkanes of at least 4 members (excludes halogenated alkanes) is 1. The van der Waals surface area contributed by atoms with Gasteiger partial charge in [-0.3, -0.25) is 14.9 Å². The highest BCUT2D eigenvalue weighted by Crippen LogP contribution is 2.28. The third kappa shape index (κ3) is 6.49. The molecule has 152 valence electrons. The molecule has 9 heteroatoms. The van der Waals surface area contributed by atoms with Crippen LogP contribution in [-0.4, -0.2) is 41.8 Å². The van der Waals surface area contributed by atoms with Crippen molar-refractivity contribution < 1.29 is 19.1 Å². The molecule has 2 rings (SSSR count). The Bertz CT molecular complexity index is 807. The Balaban J connectivity index is 2.00. The van der Waals surface area contributed by atoms with E-state index < -0.39 is 0 Å². The molecular formula is C19H26N4O4S. The van der Waals surface area contributed by atoms with E-state index >= 15 is 0 Å². The maximum atomic E-state index is 12.5. The molecule has 0 saturated carbocycles. The van der Waals surface area contributed by atoms with Gasteiger partial charge in [0.15, 0.2) is 18.1 Å². The van der Waals surface area contributed by atoms with Crippen LogP contribution in [0.4, 0.5) is 5.13 Å². The van der Waals surface area contributed by atoms with Gasteiger partial charge in [0.2, 0.25) is 5.13 Å². The normalized spacial score (nSPS) is 10.6. The zero-order valence-electron chi connectivity index (χ0n) is 16.6. The second kappa shape index (κ2) is 10.6. The van der Waals surface area contributed by atoms with Gasteiger partial charge in [0, 0.05) is 18.0 Å². The molecule has 1 aromatic heterocycles. The Morgan fingerprint density at radius 2 is 2.00 bits per heavy atom. The molecule has 8 nitrogen and oxygen atoms in total. The van der Waals surface area contributed by atoms with Crippen LogP contribution >= 0.6 is 11.3 Å². The second-order valence-corrected chi connectivity index (χ2v) is 7.50. The average Bonchev–Trinajstić information content (AvgIpc) is 3.11. The van der Waals surface area contributed by atoms with Gasteiger partial charge in [0.1, 0.15) is 5.01 Å². The number of hydrogen-bond donors (Lipinski definition) is 2. The van der Waals surface area contributed by atoms with E-state index in [-0.39, 0.29) is 24.5 Å². The lowest BCUT2D eigenvalue weighted by Crippen LogP contribution is -2.34. The summed E-state index contributed by atoms with van der Waals surface area (Å²) in [6, 6.07) is 4.80. The molecular weight excluding hydrogens is 380 g/mol. The highest BCUT2D eigenvalue weighted by molar-refractivity contribution is 7.15. The summed E-state index contributed by atoms with van der Waals surface area (Å²) in [5.74, 6) is 0.205. The second-order valence-electron chi connectivity index (χ2n) is 6.44. The molecule has 0 aliphatic carbocycles. The van der Waals surface area contributed by atoms with Gasteiger partial charge in [-0.25, -0.2) is 0 Å². The van der Waals surface area contributed by atoms with E-state index in [2.05, 4.69) is 27.8 Å². The minimum atomic E-state index is -0.319. The predicted octanol–water partition coefficient (Wildman–Crippen LogP) is 3.05. The Kier molecular flexibility index (Phi) is 8.19. The van der Waals surface area contributed by atoms with Gasteiger partial charge in [0.05, 0.1) is 7.11 Å². The first-order valence-corrected chi connectivity index (χ1v) is 9.98. The summed E-state index contributed by atoms with van der Waals surface area (Å²) in [7, 11) is 1.48. The van der Waals surface area contributed by atoms with Gasteiger partial charge in [-0.15, -0.1) is 10.2 Å². The zero-order chi connectivity index (χ0) is 20.5. The van der Waals surface area contributed by atoms with E-state index in [0.29, 0.717) is 22.2 Å². The van der Waals surface area contributed by atoms with Gasteiger partial charge in [0.25, 0.3) is 11.8 Å². The number of carbonyl (C=O) groups excluding carboxylic acids is 2. The van der Waals surface area contributed by atoms with Crippen molar-refractivity contribution in [1.29, 1.82) is 0 Å². The summed E-state index contributed by atoms with van der Waals surface area (Å²) in [5.41, 5.74) is 0.390. The van der Waals surface area contributed by atoms with Crippen LogP contribution in [0.15, 0.2) is 18.2 Å². The van der Waals surface area contributed by atoms with Crippen LogP contribution < -0.4 is 20.1 Å². The van der Waals surface area contributed by atoms with Crippen LogP contribution in [-0.2, 0) is 11.2 Å². The molecule has 2 amide bonds. The maximum absolute atomic E-state index is 12.5. The van der Waals surface area contributed by atoms with Gasteiger partial charge in [-0.2, -0.15) is 0 Å². The topological polar surface area (TPSA) is 102 Å². The average molecular weight is 407 g/mol. The number of carbonyl (C=O) groups is 2. The van der Waals surface area contributed by atoms with Crippen LogP contribution in [0, 0.1) is 0 Å². The molecule has 0 spiro atoms. The van der Waals surface area contributed by atoms with Crippen molar-refractivity contribution in [3.05, 3.63) is 28.8 Å². The molecule has 2 N–H and O–H groups in total. The molecule has 1 heterocycles. The molecule has 0 unspecified atom stereocenters. The summed E-state index contributed by atoms with van der Waals surface area (Å²) in [4.78, 5) is 24.2. The lowest BCUT2D eigenvalue weighted by Gasteiger charge is -2.13. The van der Waals surface area contributed by atoms with E-state index in [0.717, 1.165) is 24.3 Å². The highest BCUT2D eigenvalue weighted by Gasteiger charge is 2.14. The molecule has 0 aliphatic heterocycles. The molecule has 0 aliphatic rings. The van der Waals surface area contributed by atoms with Crippen LogP contribution in [0.1, 0.15) is 49.0 Å². The summed E-state index contributed by atoms with van der Waals surface area (Å²) in [6.07, 6.45) is 2.97. The summed E-state index contributed by atoms with van der Waals surface area (Å²) in [6.45, 7) is 5.72. The van der Waals surface area contributed by atoms with Gasteiger partial charge in [-0.1, -0.05) is 24.7 Å². The standard InChI is InChI=1S/C19H26N4O4S/c1-5-6-7-17-22-23-19(28-17)21-18(25)13-8-9-14(15(10-13)26-4)27-11-16(24)20-12(2)3/h8-10,12H,5-7,11H2,1-4H3,(H,20,24)(H,21,23,25). The van der Waals surface area contributed by atoms with Crippen LogP contribution in [0.3, 0.4) is 0 Å². The van der Waals surface area contributed by atoms with Crippen molar-refractivity contribution in [3.63, 3.8) is 0 Å². The van der Waals surface area contributed by atoms with Crippen molar-refractivity contribution in [1.82, 2.24) is 15.5 Å². The first-order chi connectivity index (χ1) is 13.4. The van der Waals surface area contributed by atoms with E-state index in [1.54, 1.807) is 18.2 Å². The number of aryl methyl sites for hydroxylation is 1. The Labute approximate surface area is 168 Å². The summed E-state index contributed by atoms with van der Waals surface area (Å²) < 4.78 is 10.8. The molecule has 1 aromatic carbocycles. The number of amides is 2. The molecule has 0 saturated heterocycles. The summed E-state index contributed by atoms with van der Waals surface area (Å²) >= 11 is 1.37. The molecule has 0 bridgehead atoms. The number of benzene rings is 1. The van der Waals surface area contributed by atoms with Crippen LogP contribution in [0.2, 0.25) is 0 Å². The smallest absolute Gasteiger partial charge is 0.258 e. The maximum Gasteiger partial charge on any atom is 0.258 e. The Morgan fingerprint density at radius 3 is 2.68 bits per heavy atom. The predicted molar refractivity (Wildman–Crippen MR) is 108 cm³/mol. The van der Waals surface area contributed by atoms with Crippen molar-refractivity contribution >= 4 is 28.3 Å². The zero-order valence-corrected chi connectivity index (χ0v) is 17.4. The molecule has 0 atom stereocenters. The summed E-state index contributed by atoms with van der Waals surface area (Å²) in [5, 5.41) is 14.9. The molecule has 2 aromatic rings. The van der Waals surface area contributed by atoms with Crippen LogP contribution in [0.25, 0.3) is 0 Å². The lowest BCUT2D eigenvalue weighted by molar-refractivity contribution is -0.123. The Morgan fingerprint density at radius 1 is 1.21 bits per heavy atom. The number of nitrogens with one attached hydrogen (secondary N) is 2. The minimum Gasteiger partial charge on any atom is -0.493 e. The van der Waals surface area contributed by atoms with E-state index in [9.17, 15) is 9.59 Å². The molecule has 0 radical (unpaired) electrons. The number of anilines is 1. The third-order valence-electron chi connectivity index (χ3n) is 3.67. The first-order valence-electron chi connectivity index (χ1n) is 9.16. The quantitative estimate of drug-likeness (QED) is 0.629.